The summed E-state index contributed by atoms with van der Waals surface area (Å²) in [6.07, 6.45) is 1.99. The molecule has 0 bridgehead atoms. The highest BCUT2D eigenvalue weighted by molar-refractivity contribution is 5.97. The van der Waals surface area contributed by atoms with Crippen LogP contribution in [0.3, 0.4) is 0 Å². The quantitative estimate of drug-likeness (QED) is 0.702. The molecule has 0 aliphatic carbocycles. The minimum Gasteiger partial charge on any atom is -0.480 e. The molecule has 0 aliphatic rings. The van der Waals surface area contributed by atoms with Crippen LogP contribution in [0.25, 0.3) is 0 Å². The Morgan fingerprint density at radius 1 is 1.14 bits per heavy atom. The van der Waals surface area contributed by atoms with Gasteiger partial charge in [0.1, 0.15) is 6.04 Å². The summed E-state index contributed by atoms with van der Waals surface area (Å²) in [5.74, 6) is -1.76. The van der Waals surface area contributed by atoms with Crippen molar-refractivity contribution in [3.05, 3.63) is 41.5 Å². The first-order valence-corrected chi connectivity index (χ1v) is 6.84. The van der Waals surface area contributed by atoms with Crippen LogP contribution in [0.1, 0.15) is 37.6 Å². The van der Waals surface area contributed by atoms with E-state index in [-0.39, 0.29) is 12.3 Å². The third-order valence-corrected chi connectivity index (χ3v) is 2.83. The Bertz CT molecular complexity index is 587. The van der Waals surface area contributed by atoms with E-state index < -0.39 is 17.9 Å². The molecule has 0 fully saturated rings. The molecule has 1 aromatic carbocycles. The Morgan fingerprint density at radius 2 is 1.73 bits per heavy atom. The van der Waals surface area contributed by atoms with Crippen LogP contribution in [0.5, 0.6) is 0 Å². The van der Waals surface area contributed by atoms with Crippen LogP contribution >= 0.6 is 0 Å². The van der Waals surface area contributed by atoms with E-state index in [1.165, 1.54) is 19.1 Å². The summed E-state index contributed by atoms with van der Waals surface area (Å²) in [7, 11) is 0. The number of carbonyl (C=O) groups excluding carboxylic acids is 2. The van der Waals surface area contributed by atoms with Gasteiger partial charge < -0.3 is 15.7 Å². The van der Waals surface area contributed by atoms with E-state index in [4.69, 9.17) is 5.11 Å². The normalized spacial score (nSPS) is 11.2. The maximum atomic E-state index is 12.1. The van der Waals surface area contributed by atoms with Crippen molar-refractivity contribution >= 4 is 23.5 Å². The number of allylic oxidation sites excluding steroid dienone is 1. The zero-order valence-corrected chi connectivity index (χ0v) is 12.8. The summed E-state index contributed by atoms with van der Waals surface area (Å²) in [4.78, 5) is 34.1. The van der Waals surface area contributed by atoms with E-state index in [1.807, 2.05) is 13.8 Å². The molecule has 6 nitrogen and oxygen atoms in total. The second-order valence-electron chi connectivity index (χ2n) is 5.14. The molecule has 0 aromatic heterocycles. The van der Waals surface area contributed by atoms with Gasteiger partial charge >= 0.3 is 5.97 Å². The molecule has 0 aliphatic heterocycles. The molecule has 0 heterocycles. The predicted molar refractivity (Wildman–Crippen MR) is 83.7 cm³/mol. The van der Waals surface area contributed by atoms with E-state index in [1.54, 1.807) is 18.2 Å². The third-order valence-electron chi connectivity index (χ3n) is 2.83. The molecule has 0 unspecified atom stereocenters. The number of carboxylic acid groups (broad SMARTS) is 1. The zero-order chi connectivity index (χ0) is 16.7. The Labute approximate surface area is 129 Å². The van der Waals surface area contributed by atoms with Gasteiger partial charge in [-0.1, -0.05) is 11.6 Å². The highest BCUT2D eigenvalue weighted by atomic mass is 16.4. The molecule has 6 heteroatoms. The van der Waals surface area contributed by atoms with Crippen molar-refractivity contribution in [2.24, 2.45) is 0 Å². The number of rotatable bonds is 6. The molecule has 2 amide bonds. The SMILES string of the molecule is CC(=O)Nc1ccc(C(=O)N[C@@H](CC=C(C)C)C(=O)O)cc1. The van der Waals surface area contributed by atoms with Crippen molar-refractivity contribution in [2.75, 3.05) is 5.32 Å². The van der Waals surface area contributed by atoms with E-state index in [0.29, 0.717) is 11.3 Å². The van der Waals surface area contributed by atoms with E-state index in [2.05, 4.69) is 10.6 Å². The number of amides is 2. The lowest BCUT2D eigenvalue weighted by atomic mass is 10.1. The minimum atomic E-state index is -1.08. The number of benzene rings is 1. The summed E-state index contributed by atoms with van der Waals surface area (Å²) in [6.45, 7) is 5.12. The first kappa shape index (κ1) is 17.4. The summed E-state index contributed by atoms with van der Waals surface area (Å²) in [5.41, 5.74) is 1.89. The van der Waals surface area contributed by atoms with Gasteiger partial charge in [0.05, 0.1) is 0 Å². The topological polar surface area (TPSA) is 95.5 Å². The van der Waals surface area contributed by atoms with Crippen LogP contribution in [-0.4, -0.2) is 28.9 Å². The maximum Gasteiger partial charge on any atom is 0.326 e. The lowest BCUT2D eigenvalue weighted by Crippen LogP contribution is -2.40. The Balaban J connectivity index is 2.75. The predicted octanol–water partition coefficient (Wildman–Crippen LogP) is 2.18. The van der Waals surface area contributed by atoms with E-state index >= 15 is 0 Å². The third kappa shape index (κ3) is 5.78. The van der Waals surface area contributed by atoms with Crippen LogP contribution in [0.2, 0.25) is 0 Å². The van der Waals surface area contributed by atoms with Crippen LogP contribution in [0.15, 0.2) is 35.9 Å². The minimum absolute atomic E-state index is 0.204. The molecule has 0 saturated carbocycles. The number of hydrogen-bond acceptors (Lipinski definition) is 3. The van der Waals surface area contributed by atoms with Crippen molar-refractivity contribution < 1.29 is 19.5 Å². The van der Waals surface area contributed by atoms with Gasteiger partial charge in [0.25, 0.3) is 5.91 Å². The lowest BCUT2D eigenvalue weighted by Gasteiger charge is -2.13. The fraction of sp³-hybridized carbons (Fsp3) is 0.312. The molecular weight excluding hydrogens is 284 g/mol. The van der Waals surface area contributed by atoms with Gasteiger partial charge in [0.2, 0.25) is 5.91 Å². The molecule has 0 saturated heterocycles. The van der Waals surface area contributed by atoms with Gasteiger partial charge in [-0.3, -0.25) is 9.59 Å². The Hall–Kier alpha value is -2.63. The standard InChI is InChI=1S/C16H20N2O4/c1-10(2)4-9-14(16(21)22)18-15(20)12-5-7-13(8-6-12)17-11(3)19/h4-8,14H,9H2,1-3H3,(H,17,19)(H,18,20)(H,21,22)/t14-/m0/s1. The molecule has 22 heavy (non-hydrogen) atoms. The molecule has 3 N–H and O–H groups in total. The van der Waals surface area contributed by atoms with Crippen molar-refractivity contribution in [3.8, 4) is 0 Å². The van der Waals surface area contributed by atoms with Crippen molar-refractivity contribution in [3.63, 3.8) is 0 Å². The summed E-state index contributed by atoms with van der Waals surface area (Å²) < 4.78 is 0. The number of carboxylic acids is 1. The summed E-state index contributed by atoms with van der Waals surface area (Å²) >= 11 is 0. The highest BCUT2D eigenvalue weighted by Crippen LogP contribution is 2.10. The molecule has 0 radical (unpaired) electrons. The maximum absolute atomic E-state index is 12.1. The number of nitrogens with one attached hydrogen (secondary N) is 2. The van der Waals surface area contributed by atoms with Crippen LogP contribution < -0.4 is 10.6 Å². The molecule has 118 valence electrons. The van der Waals surface area contributed by atoms with Crippen molar-refractivity contribution in [1.82, 2.24) is 5.32 Å². The average molecular weight is 304 g/mol. The van der Waals surface area contributed by atoms with Crippen molar-refractivity contribution in [1.29, 1.82) is 0 Å². The van der Waals surface area contributed by atoms with Crippen LogP contribution in [0.4, 0.5) is 5.69 Å². The summed E-state index contributed by atoms with van der Waals surface area (Å²) in [6, 6.07) is 5.25. The first-order chi connectivity index (χ1) is 10.3. The molecule has 1 aromatic rings. The lowest BCUT2D eigenvalue weighted by molar-refractivity contribution is -0.139. The largest absolute Gasteiger partial charge is 0.480 e. The van der Waals surface area contributed by atoms with Gasteiger partial charge in [-0.2, -0.15) is 0 Å². The summed E-state index contributed by atoms with van der Waals surface area (Å²) in [5, 5.41) is 14.2. The fourth-order valence-corrected chi connectivity index (χ4v) is 1.72. The number of carbonyl (C=O) groups is 3. The van der Waals surface area contributed by atoms with Gasteiger partial charge in [-0.05, 0) is 44.5 Å². The Morgan fingerprint density at radius 3 is 2.18 bits per heavy atom. The van der Waals surface area contributed by atoms with Crippen LogP contribution in [0, 0.1) is 0 Å². The second kappa shape index (κ2) is 7.97. The number of hydrogen-bond donors (Lipinski definition) is 3. The zero-order valence-electron chi connectivity index (χ0n) is 12.8. The smallest absolute Gasteiger partial charge is 0.326 e. The van der Waals surface area contributed by atoms with E-state index in [0.717, 1.165) is 5.57 Å². The Kier molecular flexibility index (Phi) is 6.31. The number of aliphatic carboxylic acids is 1. The van der Waals surface area contributed by atoms with Crippen molar-refractivity contribution in [2.45, 2.75) is 33.2 Å². The average Bonchev–Trinajstić information content (AvgIpc) is 2.42. The molecule has 1 atom stereocenters. The monoisotopic (exact) mass is 304 g/mol. The fourth-order valence-electron chi connectivity index (χ4n) is 1.72. The van der Waals surface area contributed by atoms with Gasteiger partial charge in [-0.25, -0.2) is 4.79 Å². The first-order valence-electron chi connectivity index (χ1n) is 6.84. The molecule has 0 spiro atoms. The van der Waals surface area contributed by atoms with Gasteiger partial charge in [-0.15, -0.1) is 0 Å². The highest BCUT2D eigenvalue weighted by Gasteiger charge is 2.19. The molecule has 1 rings (SSSR count). The van der Waals surface area contributed by atoms with E-state index in [9.17, 15) is 14.4 Å². The second-order valence-corrected chi connectivity index (χ2v) is 5.14. The van der Waals surface area contributed by atoms with Gasteiger partial charge in [0.15, 0.2) is 0 Å². The van der Waals surface area contributed by atoms with Crippen LogP contribution in [-0.2, 0) is 9.59 Å². The number of anilines is 1. The molecular formula is C16H20N2O4. The van der Waals surface area contributed by atoms with Gasteiger partial charge in [0, 0.05) is 18.2 Å².